The summed E-state index contributed by atoms with van der Waals surface area (Å²) in [6.07, 6.45) is 3.27. The van der Waals surface area contributed by atoms with Crippen molar-refractivity contribution >= 4 is 11.8 Å². The van der Waals surface area contributed by atoms with Gasteiger partial charge in [-0.15, -0.1) is 0 Å². The molecule has 0 heterocycles. The number of ketones is 1. The first-order valence-electron chi connectivity index (χ1n) is 6.78. The molecule has 0 amide bonds. The van der Waals surface area contributed by atoms with Crippen molar-refractivity contribution in [3.8, 4) is 0 Å². The summed E-state index contributed by atoms with van der Waals surface area (Å²) in [4.78, 5) is 24.2. The van der Waals surface area contributed by atoms with Crippen molar-refractivity contribution in [3.05, 3.63) is 34.9 Å². The minimum Gasteiger partial charge on any atom is -0.468 e. The van der Waals surface area contributed by atoms with Crippen molar-refractivity contribution in [3.63, 3.8) is 0 Å². The summed E-state index contributed by atoms with van der Waals surface area (Å²) < 4.78 is 4.75. The zero-order chi connectivity index (χ0) is 14.0. The van der Waals surface area contributed by atoms with Crippen LogP contribution in [-0.4, -0.2) is 18.9 Å². The smallest absolute Gasteiger partial charge is 0.316 e. The number of aryl methyl sites for hydroxylation is 2. The van der Waals surface area contributed by atoms with E-state index in [4.69, 9.17) is 4.74 Å². The number of esters is 1. The van der Waals surface area contributed by atoms with Crippen LogP contribution in [0.3, 0.4) is 0 Å². The number of hydrogen-bond donors (Lipinski definition) is 0. The lowest BCUT2D eigenvalue weighted by Gasteiger charge is -2.17. The van der Waals surface area contributed by atoms with Crippen LogP contribution in [0, 0.1) is 11.8 Å². The lowest BCUT2D eigenvalue weighted by atomic mass is 9.87. The van der Waals surface area contributed by atoms with Crippen molar-refractivity contribution in [2.75, 3.05) is 7.11 Å². The van der Waals surface area contributed by atoms with Crippen LogP contribution in [0.15, 0.2) is 18.2 Å². The van der Waals surface area contributed by atoms with Gasteiger partial charge >= 0.3 is 5.97 Å². The van der Waals surface area contributed by atoms with Crippen LogP contribution in [0.5, 0.6) is 0 Å². The third-order valence-electron chi connectivity index (χ3n) is 3.79. The largest absolute Gasteiger partial charge is 0.468 e. The molecule has 1 aliphatic rings. The number of methoxy groups -OCH3 is 1. The number of carbonyl (C=O) groups excluding carboxylic acids is 2. The summed E-state index contributed by atoms with van der Waals surface area (Å²) in [5, 5.41) is 0. The number of Topliss-reactive ketones (excluding diaryl/α,β-unsaturated/α-hetero) is 1. The van der Waals surface area contributed by atoms with Gasteiger partial charge in [0.15, 0.2) is 5.78 Å². The van der Waals surface area contributed by atoms with E-state index in [9.17, 15) is 9.59 Å². The van der Waals surface area contributed by atoms with Gasteiger partial charge in [0.1, 0.15) is 5.92 Å². The maximum absolute atomic E-state index is 12.5. The molecule has 0 bridgehead atoms. The topological polar surface area (TPSA) is 43.4 Å². The highest BCUT2D eigenvalue weighted by Crippen LogP contribution is 2.25. The van der Waals surface area contributed by atoms with Crippen molar-refractivity contribution < 1.29 is 14.3 Å². The molecular formula is C16H20O3. The van der Waals surface area contributed by atoms with Gasteiger partial charge in [0.05, 0.1) is 7.11 Å². The Labute approximate surface area is 114 Å². The Kier molecular flexibility index (Phi) is 4.03. The summed E-state index contributed by atoms with van der Waals surface area (Å²) >= 11 is 0. The van der Waals surface area contributed by atoms with Crippen LogP contribution < -0.4 is 0 Å². The minimum absolute atomic E-state index is 0.0618. The molecule has 3 nitrogen and oxygen atoms in total. The van der Waals surface area contributed by atoms with Gasteiger partial charge in [0.25, 0.3) is 0 Å². The second kappa shape index (κ2) is 5.55. The number of hydrogen-bond acceptors (Lipinski definition) is 3. The molecule has 0 fully saturated rings. The van der Waals surface area contributed by atoms with Gasteiger partial charge in [-0.25, -0.2) is 0 Å². The number of carbonyl (C=O) groups is 2. The van der Waals surface area contributed by atoms with Gasteiger partial charge in [0.2, 0.25) is 0 Å². The fourth-order valence-electron chi connectivity index (χ4n) is 2.71. The monoisotopic (exact) mass is 260 g/mol. The Morgan fingerprint density at radius 2 is 1.84 bits per heavy atom. The molecule has 1 unspecified atom stereocenters. The van der Waals surface area contributed by atoms with Gasteiger partial charge in [0, 0.05) is 5.56 Å². The summed E-state index contributed by atoms with van der Waals surface area (Å²) in [6.45, 7) is 3.74. The summed E-state index contributed by atoms with van der Waals surface area (Å²) in [5.74, 6) is -1.34. The molecule has 3 heteroatoms. The van der Waals surface area contributed by atoms with E-state index in [0.717, 1.165) is 19.3 Å². The zero-order valence-electron chi connectivity index (χ0n) is 11.7. The average molecular weight is 260 g/mol. The maximum atomic E-state index is 12.5. The quantitative estimate of drug-likeness (QED) is 0.475. The third-order valence-corrected chi connectivity index (χ3v) is 3.79. The highest BCUT2D eigenvalue weighted by molar-refractivity contribution is 6.08. The first-order chi connectivity index (χ1) is 9.04. The van der Waals surface area contributed by atoms with E-state index in [2.05, 4.69) is 0 Å². The predicted molar refractivity (Wildman–Crippen MR) is 73.1 cm³/mol. The van der Waals surface area contributed by atoms with Crippen LogP contribution in [0.25, 0.3) is 0 Å². The first kappa shape index (κ1) is 13.8. The summed E-state index contributed by atoms with van der Waals surface area (Å²) in [5.41, 5.74) is 3.21. The molecule has 0 spiro atoms. The molecule has 0 saturated heterocycles. The van der Waals surface area contributed by atoms with Crippen molar-refractivity contribution in [2.45, 2.75) is 33.1 Å². The van der Waals surface area contributed by atoms with Crippen LogP contribution in [0.4, 0.5) is 0 Å². The fraction of sp³-hybridized carbons (Fsp3) is 0.500. The predicted octanol–water partition coefficient (Wildman–Crippen LogP) is 2.80. The van der Waals surface area contributed by atoms with Crippen LogP contribution in [0.1, 0.15) is 41.8 Å². The van der Waals surface area contributed by atoms with Gasteiger partial charge < -0.3 is 4.74 Å². The SMILES string of the molecule is COC(=O)C(C(=O)c1ccc2c(c1)CCC2)C(C)C. The Morgan fingerprint density at radius 3 is 2.47 bits per heavy atom. The van der Waals surface area contributed by atoms with E-state index in [0.29, 0.717) is 5.56 Å². The Hall–Kier alpha value is -1.64. The van der Waals surface area contributed by atoms with Crippen molar-refractivity contribution in [2.24, 2.45) is 11.8 Å². The van der Waals surface area contributed by atoms with E-state index in [1.165, 1.54) is 18.2 Å². The standard InChI is InChI=1S/C16H20O3/c1-10(2)14(16(18)19-3)15(17)13-8-7-11-5-4-6-12(11)9-13/h7-10,14H,4-6H2,1-3H3. The second-order valence-electron chi connectivity index (χ2n) is 5.45. The molecule has 0 radical (unpaired) electrons. The molecule has 0 aromatic heterocycles. The number of fused-ring (bicyclic) bond motifs is 1. The lowest BCUT2D eigenvalue weighted by Crippen LogP contribution is -2.30. The van der Waals surface area contributed by atoms with E-state index in [-0.39, 0.29) is 11.7 Å². The summed E-state index contributed by atoms with van der Waals surface area (Å²) in [7, 11) is 1.33. The number of rotatable bonds is 4. The van der Waals surface area contributed by atoms with Gasteiger partial charge in [-0.1, -0.05) is 26.0 Å². The van der Waals surface area contributed by atoms with E-state index in [1.807, 2.05) is 32.0 Å². The minimum atomic E-state index is -0.704. The Balaban J connectivity index is 2.29. The molecule has 1 atom stereocenters. The van der Waals surface area contributed by atoms with Crippen LogP contribution in [0.2, 0.25) is 0 Å². The summed E-state index contributed by atoms with van der Waals surface area (Å²) in [6, 6.07) is 5.80. The second-order valence-corrected chi connectivity index (χ2v) is 5.45. The van der Waals surface area contributed by atoms with Crippen LogP contribution in [-0.2, 0) is 22.4 Å². The highest BCUT2D eigenvalue weighted by Gasteiger charge is 2.31. The highest BCUT2D eigenvalue weighted by atomic mass is 16.5. The third kappa shape index (κ3) is 2.70. The lowest BCUT2D eigenvalue weighted by molar-refractivity contribution is -0.144. The fourth-order valence-corrected chi connectivity index (χ4v) is 2.71. The van der Waals surface area contributed by atoms with Gasteiger partial charge in [-0.2, -0.15) is 0 Å². The molecule has 1 aliphatic carbocycles. The van der Waals surface area contributed by atoms with Gasteiger partial charge in [-0.05, 0) is 42.4 Å². The molecule has 2 rings (SSSR count). The number of ether oxygens (including phenoxy) is 1. The van der Waals surface area contributed by atoms with E-state index in [1.54, 1.807) is 0 Å². The molecule has 0 N–H and O–H groups in total. The number of benzene rings is 1. The molecule has 0 aliphatic heterocycles. The van der Waals surface area contributed by atoms with Crippen LogP contribution >= 0.6 is 0 Å². The Bertz CT molecular complexity index is 503. The maximum Gasteiger partial charge on any atom is 0.316 e. The Morgan fingerprint density at radius 1 is 1.16 bits per heavy atom. The van der Waals surface area contributed by atoms with E-state index >= 15 is 0 Å². The molecule has 1 aromatic rings. The molecule has 19 heavy (non-hydrogen) atoms. The molecule has 0 saturated carbocycles. The zero-order valence-corrected chi connectivity index (χ0v) is 11.7. The molecule has 1 aromatic carbocycles. The van der Waals surface area contributed by atoms with Crippen molar-refractivity contribution in [1.29, 1.82) is 0 Å². The molecular weight excluding hydrogens is 240 g/mol. The first-order valence-corrected chi connectivity index (χ1v) is 6.78. The average Bonchev–Trinajstić information content (AvgIpc) is 2.85. The van der Waals surface area contributed by atoms with Crippen molar-refractivity contribution in [1.82, 2.24) is 0 Å². The molecule has 102 valence electrons. The van der Waals surface area contributed by atoms with E-state index < -0.39 is 11.9 Å². The normalized spacial score (nSPS) is 15.2. The van der Waals surface area contributed by atoms with Gasteiger partial charge in [-0.3, -0.25) is 9.59 Å².